The van der Waals surface area contributed by atoms with E-state index in [4.69, 9.17) is 33.0 Å². The number of rotatable bonds is 2. The Bertz CT molecular complexity index is 819. The van der Waals surface area contributed by atoms with Crippen molar-refractivity contribution in [2.45, 2.75) is 0 Å². The summed E-state index contributed by atoms with van der Waals surface area (Å²) < 4.78 is 5.20. The average Bonchev–Trinajstić information content (AvgIpc) is 3.09. The van der Waals surface area contributed by atoms with E-state index in [2.05, 4.69) is 16.2 Å². The summed E-state index contributed by atoms with van der Waals surface area (Å²) in [7, 11) is 0. The Morgan fingerprint density at radius 3 is 2.80 bits per heavy atom. The molecule has 3 rings (SSSR count). The number of aromatic nitrogens is 2. The summed E-state index contributed by atoms with van der Waals surface area (Å²) in [6.45, 7) is 0. The van der Waals surface area contributed by atoms with E-state index >= 15 is 0 Å². The van der Waals surface area contributed by atoms with Crippen LogP contribution in [0.2, 0.25) is 10.0 Å². The summed E-state index contributed by atoms with van der Waals surface area (Å²) in [6.07, 6.45) is 0. The molecule has 3 aromatic rings. The number of nitriles is 1. The zero-order valence-corrected chi connectivity index (χ0v) is 12.1. The number of benzene rings is 1. The monoisotopic (exact) mass is 321 g/mol. The second kappa shape index (κ2) is 5.25. The molecule has 7 heteroatoms. The van der Waals surface area contributed by atoms with E-state index in [1.54, 1.807) is 29.6 Å². The molecule has 2 aromatic heterocycles. The molecule has 2 heterocycles. The van der Waals surface area contributed by atoms with Crippen molar-refractivity contribution in [2.75, 3.05) is 0 Å². The molecule has 4 nitrogen and oxygen atoms in total. The summed E-state index contributed by atoms with van der Waals surface area (Å²) in [5.41, 5.74) is 1.21. The molecule has 20 heavy (non-hydrogen) atoms. The van der Waals surface area contributed by atoms with Crippen molar-refractivity contribution in [1.29, 1.82) is 5.26 Å². The summed E-state index contributed by atoms with van der Waals surface area (Å²) in [5, 5.41) is 15.6. The molecule has 98 valence electrons. The third-order valence-corrected chi connectivity index (χ3v) is 4.23. The van der Waals surface area contributed by atoms with Crippen LogP contribution in [0.25, 0.3) is 22.2 Å². The molecule has 0 unspecified atom stereocenters. The predicted octanol–water partition coefficient (Wildman–Crippen LogP) is 4.64. The highest BCUT2D eigenvalue weighted by Crippen LogP contribution is 2.31. The molecule has 0 fully saturated rings. The first-order chi connectivity index (χ1) is 9.69. The normalized spacial score (nSPS) is 10.4. The third kappa shape index (κ3) is 2.29. The van der Waals surface area contributed by atoms with Gasteiger partial charge < -0.3 is 4.52 Å². The molecule has 0 amide bonds. The number of hydrogen-bond acceptors (Lipinski definition) is 5. The van der Waals surface area contributed by atoms with Crippen LogP contribution in [0.15, 0.2) is 34.2 Å². The zero-order valence-electron chi connectivity index (χ0n) is 9.80. The molecular formula is C13H5Cl2N3OS. The Morgan fingerprint density at radius 2 is 2.05 bits per heavy atom. The Labute approximate surface area is 128 Å². The molecule has 0 saturated carbocycles. The SMILES string of the molecule is N#Cc1ccsc1-c1nc(-c2ccc(Cl)c(Cl)c2)no1. The van der Waals surface area contributed by atoms with Crippen LogP contribution in [-0.4, -0.2) is 10.1 Å². The van der Waals surface area contributed by atoms with Crippen LogP contribution >= 0.6 is 34.5 Å². The quantitative estimate of drug-likeness (QED) is 0.689. The third-order valence-electron chi connectivity index (χ3n) is 2.58. The lowest BCUT2D eigenvalue weighted by atomic mass is 10.2. The van der Waals surface area contributed by atoms with E-state index < -0.39 is 0 Å². The van der Waals surface area contributed by atoms with Crippen molar-refractivity contribution < 1.29 is 4.52 Å². The van der Waals surface area contributed by atoms with Gasteiger partial charge >= 0.3 is 0 Å². The minimum atomic E-state index is 0.317. The number of thiophene rings is 1. The molecule has 0 radical (unpaired) electrons. The fraction of sp³-hybridized carbons (Fsp3) is 0. The van der Waals surface area contributed by atoms with Gasteiger partial charge in [-0.15, -0.1) is 11.3 Å². The van der Waals surface area contributed by atoms with Crippen LogP contribution in [0.5, 0.6) is 0 Å². The molecule has 0 bridgehead atoms. The van der Waals surface area contributed by atoms with Crippen LogP contribution in [-0.2, 0) is 0 Å². The fourth-order valence-electron chi connectivity index (χ4n) is 1.63. The highest BCUT2D eigenvalue weighted by atomic mass is 35.5. The van der Waals surface area contributed by atoms with Crippen molar-refractivity contribution in [3.63, 3.8) is 0 Å². The highest BCUT2D eigenvalue weighted by Gasteiger charge is 2.15. The van der Waals surface area contributed by atoms with Crippen molar-refractivity contribution in [1.82, 2.24) is 10.1 Å². The van der Waals surface area contributed by atoms with Gasteiger partial charge in [0.15, 0.2) is 0 Å². The van der Waals surface area contributed by atoms with E-state index in [-0.39, 0.29) is 0 Å². The summed E-state index contributed by atoms with van der Waals surface area (Å²) >= 11 is 13.2. The topological polar surface area (TPSA) is 62.7 Å². The molecule has 0 spiro atoms. The molecule has 0 saturated heterocycles. The van der Waals surface area contributed by atoms with Gasteiger partial charge in [0.1, 0.15) is 10.9 Å². The first-order valence-electron chi connectivity index (χ1n) is 5.46. The average molecular weight is 322 g/mol. The largest absolute Gasteiger partial charge is 0.333 e. The van der Waals surface area contributed by atoms with Crippen molar-refractivity contribution in [2.24, 2.45) is 0 Å². The zero-order chi connectivity index (χ0) is 14.1. The van der Waals surface area contributed by atoms with Crippen LogP contribution in [0.1, 0.15) is 5.56 Å². The fourth-order valence-corrected chi connectivity index (χ4v) is 2.69. The molecule has 0 aliphatic heterocycles. The highest BCUT2D eigenvalue weighted by molar-refractivity contribution is 7.13. The first-order valence-corrected chi connectivity index (χ1v) is 7.09. The van der Waals surface area contributed by atoms with Crippen LogP contribution in [0.4, 0.5) is 0 Å². The lowest BCUT2D eigenvalue weighted by Gasteiger charge is -1.97. The Kier molecular flexibility index (Phi) is 3.45. The minimum Gasteiger partial charge on any atom is -0.333 e. The van der Waals surface area contributed by atoms with Gasteiger partial charge in [-0.05, 0) is 29.6 Å². The number of halogens is 2. The molecule has 0 aliphatic rings. The van der Waals surface area contributed by atoms with Crippen LogP contribution in [0.3, 0.4) is 0 Å². The van der Waals surface area contributed by atoms with Gasteiger partial charge in [-0.3, -0.25) is 0 Å². The van der Waals surface area contributed by atoms with E-state index in [1.807, 2.05) is 0 Å². The maximum atomic E-state index is 8.99. The molecule has 0 atom stereocenters. The summed E-state index contributed by atoms with van der Waals surface area (Å²) in [5.74, 6) is 0.716. The standard InChI is InChI=1S/C13H5Cl2N3OS/c14-9-2-1-7(5-10(9)15)12-17-13(19-18-12)11-8(6-16)3-4-20-11/h1-5H. The van der Waals surface area contributed by atoms with Gasteiger partial charge in [-0.2, -0.15) is 10.2 Å². The van der Waals surface area contributed by atoms with Crippen molar-refractivity contribution in [3.8, 4) is 28.2 Å². The molecule has 0 aliphatic carbocycles. The van der Waals surface area contributed by atoms with Crippen LogP contribution < -0.4 is 0 Å². The second-order valence-electron chi connectivity index (χ2n) is 3.83. The minimum absolute atomic E-state index is 0.317. The lowest BCUT2D eigenvalue weighted by molar-refractivity contribution is 0.433. The van der Waals surface area contributed by atoms with E-state index in [0.29, 0.717) is 37.8 Å². The van der Waals surface area contributed by atoms with Gasteiger partial charge in [0.05, 0.1) is 15.6 Å². The van der Waals surface area contributed by atoms with Gasteiger partial charge in [-0.1, -0.05) is 28.4 Å². The Balaban J connectivity index is 2.02. The lowest BCUT2D eigenvalue weighted by Crippen LogP contribution is -1.82. The smallest absolute Gasteiger partial charge is 0.269 e. The molecular weight excluding hydrogens is 317 g/mol. The first kappa shape index (κ1) is 13.1. The second-order valence-corrected chi connectivity index (χ2v) is 5.56. The Morgan fingerprint density at radius 1 is 1.20 bits per heavy atom. The van der Waals surface area contributed by atoms with E-state index in [0.717, 1.165) is 0 Å². The van der Waals surface area contributed by atoms with E-state index in [1.165, 1.54) is 11.3 Å². The Hall–Kier alpha value is -1.87. The van der Waals surface area contributed by atoms with Crippen molar-refractivity contribution >= 4 is 34.5 Å². The van der Waals surface area contributed by atoms with Gasteiger partial charge in [0.25, 0.3) is 5.89 Å². The number of nitrogens with zero attached hydrogens (tertiary/aromatic N) is 3. The maximum absolute atomic E-state index is 8.99. The molecule has 0 N–H and O–H groups in total. The van der Waals surface area contributed by atoms with Crippen molar-refractivity contribution in [3.05, 3.63) is 45.3 Å². The van der Waals surface area contributed by atoms with E-state index in [9.17, 15) is 0 Å². The van der Waals surface area contributed by atoms with Gasteiger partial charge in [-0.25, -0.2) is 0 Å². The summed E-state index contributed by atoms with van der Waals surface area (Å²) in [6, 6.07) is 8.88. The maximum Gasteiger partial charge on any atom is 0.269 e. The predicted molar refractivity (Wildman–Crippen MR) is 77.8 cm³/mol. The number of hydrogen-bond donors (Lipinski definition) is 0. The van der Waals surface area contributed by atoms with Gasteiger partial charge in [0, 0.05) is 5.56 Å². The van der Waals surface area contributed by atoms with Gasteiger partial charge in [0.2, 0.25) is 5.82 Å². The molecule has 1 aromatic carbocycles. The van der Waals surface area contributed by atoms with Crippen LogP contribution in [0, 0.1) is 11.3 Å². The summed E-state index contributed by atoms with van der Waals surface area (Å²) in [4.78, 5) is 4.94.